The lowest BCUT2D eigenvalue weighted by atomic mass is 9.82. The zero-order chi connectivity index (χ0) is 16.5. The van der Waals surface area contributed by atoms with E-state index in [9.17, 15) is 23.5 Å². The van der Waals surface area contributed by atoms with Crippen molar-refractivity contribution in [3.63, 3.8) is 0 Å². The van der Waals surface area contributed by atoms with Gasteiger partial charge in [-0.25, -0.2) is 4.79 Å². The largest absolute Gasteiger partial charge is 0.469 e. The van der Waals surface area contributed by atoms with E-state index in [0.717, 1.165) is 7.11 Å². The molecule has 1 aromatic carbocycles. The molecule has 1 aromatic rings. The first-order valence-corrected chi connectivity index (χ1v) is 6.59. The van der Waals surface area contributed by atoms with Crippen LogP contribution in [0.4, 0.5) is 13.6 Å². The molecule has 9 heteroatoms. The Bertz CT molecular complexity index is 581. The van der Waals surface area contributed by atoms with Gasteiger partial charge in [-0.3, -0.25) is 4.79 Å². The molecule has 0 aliphatic carbocycles. The summed E-state index contributed by atoms with van der Waals surface area (Å²) < 4.78 is 31.8. The van der Waals surface area contributed by atoms with Crippen molar-refractivity contribution in [1.82, 2.24) is 10.6 Å². The molecule has 1 saturated heterocycles. The molecular weight excluding hydrogens is 322 g/mol. The lowest BCUT2D eigenvalue weighted by Gasteiger charge is -2.45. The van der Waals surface area contributed by atoms with Crippen molar-refractivity contribution in [1.29, 1.82) is 0 Å². The van der Waals surface area contributed by atoms with Crippen LogP contribution in [-0.2, 0) is 9.53 Å². The van der Waals surface area contributed by atoms with Crippen molar-refractivity contribution in [3.05, 3.63) is 35.9 Å². The SMILES string of the molecule is COC(=O)[C@@H]1[C@H](c2ccccc2)NC(=O)N[C@@]1(O)C(F)(F)Cl. The highest BCUT2D eigenvalue weighted by molar-refractivity contribution is 6.22. The third-order valence-corrected chi connectivity index (χ3v) is 3.71. The van der Waals surface area contributed by atoms with E-state index < -0.39 is 35.1 Å². The van der Waals surface area contributed by atoms with Crippen molar-refractivity contribution >= 4 is 23.6 Å². The van der Waals surface area contributed by atoms with Gasteiger partial charge in [0.2, 0.25) is 5.72 Å². The van der Waals surface area contributed by atoms with Gasteiger partial charge in [0, 0.05) is 0 Å². The number of ether oxygens (including phenoxy) is 1. The van der Waals surface area contributed by atoms with Crippen LogP contribution in [0, 0.1) is 5.92 Å². The van der Waals surface area contributed by atoms with E-state index >= 15 is 0 Å². The van der Waals surface area contributed by atoms with Gasteiger partial charge in [-0.2, -0.15) is 8.78 Å². The number of nitrogens with one attached hydrogen (secondary N) is 2. The monoisotopic (exact) mass is 334 g/mol. The first-order chi connectivity index (χ1) is 10.2. The van der Waals surface area contributed by atoms with Gasteiger partial charge < -0.3 is 20.5 Å². The van der Waals surface area contributed by atoms with Gasteiger partial charge in [0.1, 0.15) is 5.92 Å². The summed E-state index contributed by atoms with van der Waals surface area (Å²) in [6, 6.07) is 5.56. The molecule has 0 spiro atoms. The summed E-state index contributed by atoms with van der Waals surface area (Å²) in [5, 5.41) is 9.86. The molecule has 2 amide bonds. The van der Waals surface area contributed by atoms with Crippen LogP contribution >= 0.6 is 11.6 Å². The van der Waals surface area contributed by atoms with Crippen LogP contribution in [0.2, 0.25) is 0 Å². The number of halogens is 3. The minimum absolute atomic E-state index is 0.340. The molecule has 120 valence electrons. The van der Waals surface area contributed by atoms with E-state index in [2.05, 4.69) is 10.1 Å². The molecule has 0 saturated carbocycles. The maximum Gasteiger partial charge on any atom is 0.369 e. The Morgan fingerprint density at radius 2 is 2.00 bits per heavy atom. The molecule has 1 aliphatic rings. The second kappa shape index (κ2) is 5.69. The fourth-order valence-electron chi connectivity index (χ4n) is 2.37. The summed E-state index contributed by atoms with van der Waals surface area (Å²) in [5.74, 6) is -3.01. The Morgan fingerprint density at radius 1 is 1.41 bits per heavy atom. The molecule has 0 radical (unpaired) electrons. The first kappa shape index (κ1) is 16.4. The fourth-order valence-corrected chi connectivity index (χ4v) is 2.53. The first-order valence-electron chi connectivity index (χ1n) is 6.21. The van der Waals surface area contributed by atoms with Crippen molar-refractivity contribution in [3.8, 4) is 0 Å². The molecule has 1 fully saturated rings. The Morgan fingerprint density at radius 3 is 2.50 bits per heavy atom. The summed E-state index contributed by atoms with van der Waals surface area (Å²) in [7, 11) is 0.980. The number of alkyl halides is 3. The minimum atomic E-state index is -4.29. The maximum absolute atomic E-state index is 13.7. The number of methoxy groups -OCH3 is 1. The highest BCUT2D eigenvalue weighted by Gasteiger charge is 2.65. The molecule has 6 nitrogen and oxygen atoms in total. The molecule has 0 aromatic heterocycles. The van der Waals surface area contributed by atoms with Crippen molar-refractivity contribution < 1.29 is 28.2 Å². The Balaban J connectivity index is 2.56. The van der Waals surface area contributed by atoms with Crippen molar-refractivity contribution in [2.24, 2.45) is 5.92 Å². The van der Waals surface area contributed by atoms with Crippen LogP contribution < -0.4 is 10.6 Å². The topological polar surface area (TPSA) is 87.7 Å². The van der Waals surface area contributed by atoms with E-state index in [1.165, 1.54) is 12.1 Å². The Kier molecular flexibility index (Phi) is 4.25. The predicted molar refractivity (Wildman–Crippen MR) is 72.1 cm³/mol. The summed E-state index contributed by atoms with van der Waals surface area (Å²) in [6.07, 6.45) is 0. The molecule has 3 atom stereocenters. The summed E-state index contributed by atoms with van der Waals surface area (Å²) in [4.78, 5) is 23.6. The minimum Gasteiger partial charge on any atom is -0.469 e. The third kappa shape index (κ3) is 2.71. The van der Waals surface area contributed by atoms with Crippen molar-refractivity contribution in [2.45, 2.75) is 17.1 Å². The van der Waals surface area contributed by atoms with Crippen LogP contribution in [0.15, 0.2) is 30.3 Å². The molecule has 22 heavy (non-hydrogen) atoms. The molecule has 0 bridgehead atoms. The fraction of sp³-hybridized carbons (Fsp3) is 0.385. The Labute approximate surface area is 129 Å². The summed E-state index contributed by atoms with van der Waals surface area (Å²) in [6.45, 7) is 0. The number of hydrogen-bond acceptors (Lipinski definition) is 4. The molecule has 1 aliphatic heterocycles. The predicted octanol–water partition coefficient (Wildman–Crippen LogP) is 1.35. The van der Waals surface area contributed by atoms with Crippen LogP contribution in [0.5, 0.6) is 0 Å². The van der Waals surface area contributed by atoms with E-state index in [0.29, 0.717) is 5.56 Å². The van der Waals surface area contributed by atoms with Gasteiger partial charge in [0.05, 0.1) is 13.2 Å². The van der Waals surface area contributed by atoms with Crippen LogP contribution in [0.1, 0.15) is 11.6 Å². The average molecular weight is 335 g/mol. The second-order valence-corrected chi connectivity index (χ2v) is 5.23. The normalized spacial score (nSPS) is 28.5. The smallest absolute Gasteiger partial charge is 0.369 e. The second-order valence-electron chi connectivity index (χ2n) is 4.75. The van der Waals surface area contributed by atoms with E-state index in [4.69, 9.17) is 11.6 Å². The molecule has 1 heterocycles. The molecular formula is C13H13ClF2N2O4. The van der Waals surface area contributed by atoms with Crippen LogP contribution in [0.25, 0.3) is 0 Å². The van der Waals surface area contributed by atoms with E-state index in [1.807, 2.05) is 0 Å². The summed E-state index contributed by atoms with van der Waals surface area (Å²) >= 11 is 4.93. The highest BCUT2D eigenvalue weighted by Crippen LogP contribution is 2.44. The number of benzene rings is 1. The zero-order valence-corrected chi connectivity index (χ0v) is 12.1. The molecule has 3 N–H and O–H groups in total. The number of carbonyl (C=O) groups excluding carboxylic acids is 2. The van der Waals surface area contributed by atoms with Crippen LogP contribution in [-0.4, -0.2) is 35.3 Å². The van der Waals surface area contributed by atoms with Gasteiger partial charge in [0.25, 0.3) is 0 Å². The number of hydrogen-bond donors (Lipinski definition) is 3. The third-order valence-electron chi connectivity index (χ3n) is 3.42. The quantitative estimate of drug-likeness (QED) is 0.575. The number of urea groups is 1. The summed E-state index contributed by atoms with van der Waals surface area (Å²) in [5.41, 5.74) is -2.96. The van der Waals surface area contributed by atoms with Crippen LogP contribution in [0.3, 0.4) is 0 Å². The number of aliphatic hydroxyl groups is 1. The van der Waals surface area contributed by atoms with Gasteiger partial charge >= 0.3 is 17.4 Å². The standard InChI is InChI=1S/C13H13ClF2N2O4/c1-22-10(19)8-9(7-5-3-2-4-6-7)17-11(20)18-12(8,21)13(14,15)16/h2-6,8-9,21H,1H3,(H2,17,18,20)/t8-,9-,12-/m0/s1. The lowest BCUT2D eigenvalue weighted by molar-refractivity contribution is -0.201. The van der Waals surface area contributed by atoms with E-state index in [1.54, 1.807) is 23.5 Å². The van der Waals surface area contributed by atoms with Crippen molar-refractivity contribution in [2.75, 3.05) is 7.11 Å². The number of esters is 1. The number of amides is 2. The number of rotatable bonds is 3. The Hall–Kier alpha value is -1.93. The zero-order valence-electron chi connectivity index (χ0n) is 11.3. The van der Waals surface area contributed by atoms with Gasteiger partial charge in [0.15, 0.2) is 0 Å². The molecule has 0 unspecified atom stereocenters. The lowest BCUT2D eigenvalue weighted by Crippen LogP contribution is -2.72. The highest BCUT2D eigenvalue weighted by atomic mass is 35.5. The number of carbonyl (C=O) groups is 2. The van der Waals surface area contributed by atoms with Gasteiger partial charge in [-0.1, -0.05) is 30.3 Å². The van der Waals surface area contributed by atoms with Gasteiger partial charge in [-0.15, -0.1) is 0 Å². The maximum atomic E-state index is 13.7. The average Bonchev–Trinajstić information content (AvgIpc) is 2.45. The van der Waals surface area contributed by atoms with E-state index in [-0.39, 0.29) is 0 Å². The molecule has 2 rings (SSSR count). The van der Waals surface area contributed by atoms with Gasteiger partial charge in [-0.05, 0) is 17.2 Å².